The summed E-state index contributed by atoms with van der Waals surface area (Å²) in [6.45, 7) is 2.19. The zero-order chi connectivity index (χ0) is 41.2. The number of carbonyl (C=O) groups is 2. The van der Waals surface area contributed by atoms with Crippen molar-refractivity contribution in [3.05, 3.63) is 24.3 Å². The van der Waals surface area contributed by atoms with Crippen molar-refractivity contribution in [3.63, 3.8) is 0 Å². The van der Waals surface area contributed by atoms with Gasteiger partial charge in [-0.15, -0.1) is 0 Å². The molecule has 0 saturated heterocycles. The molecule has 0 rings (SSSR count). The van der Waals surface area contributed by atoms with E-state index in [0.29, 0.717) is 12.8 Å². The monoisotopic (exact) mass is 817 g/mol. The van der Waals surface area contributed by atoms with Gasteiger partial charge in [-0.1, -0.05) is 160 Å². The lowest BCUT2D eigenvalue weighted by Gasteiger charge is -2.20. The van der Waals surface area contributed by atoms with Crippen LogP contribution in [0.5, 0.6) is 0 Å². The molecule has 0 aliphatic heterocycles. The molecule has 10 nitrogen and oxygen atoms in total. The topological polar surface area (TPSA) is 149 Å². The molecule has 0 bridgehead atoms. The van der Waals surface area contributed by atoms with E-state index in [1.165, 1.54) is 116 Å². The van der Waals surface area contributed by atoms with Gasteiger partial charge >= 0.3 is 19.8 Å². The van der Waals surface area contributed by atoms with Crippen LogP contribution in [-0.2, 0) is 32.7 Å². The van der Waals surface area contributed by atoms with Crippen LogP contribution in [0.2, 0.25) is 0 Å². The van der Waals surface area contributed by atoms with Gasteiger partial charge in [0.2, 0.25) is 0 Å². The van der Waals surface area contributed by atoms with Gasteiger partial charge in [0.25, 0.3) is 0 Å². The van der Waals surface area contributed by atoms with Crippen LogP contribution >= 0.6 is 7.82 Å². The molecular weight excluding hydrogens is 731 g/mol. The highest BCUT2D eigenvalue weighted by atomic mass is 31.2. The first kappa shape index (κ1) is 54.5. The summed E-state index contributed by atoms with van der Waals surface area (Å²) in [6, 6.07) is 0. The Morgan fingerprint density at radius 3 is 1.05 bits per heavy atom. The SMILES string of the molecule is CCCCC/C=C\CCCCCCCC(=O)OC(CO)COP(=O)(O)OCC(CO)OC(=O)CCCCCCCCCCC/C=C\CCCCCCCCCC. The lowest BCUT2D eigenvalue weighted by atomic mass is 10.1. The minimum Gasteiger partial charge on any atom is -0.457 e. The summed E-state index contributed by atoms with van der Waals surface area (Å²) in [5.74, 6) is -1.03. The van der Waals surface area contributed by atoms with Gasteiger partial charge in [-0.3, -0.25) is 18.6 Å². The van der Waals surface area contributed by atoms with E-state index >= 15 is 0 Å². The molecular formula is C45H85O10P. The second-order valence-corrected chi connectivity index (χ2v) is 16.8. The molecule has 3 N–H and O–H groups in total. The Kier molecular flexibility index (Phi) is 40.5. The second kappa shape index (κ2) is 41.6. The fraction of sp³-hybridized carbons (Fsp3) is 0.867. The quantitative estimate of drug-likeness (QED) is 0.0235. The number of rotatable bonds is 43. The fourth-order valence-corrected chi connectivity index (χ4v) is 7.12. The number of hydrogen-bond donors (Lipinski definition) is 3. The van der Waals surface area contributed by atoms with Crippen LogP contribution in [0.15, 0.2) is 24.3 Å². The Morgan fingerprint density at radius 2 is 0.732 bits per heavy atom. The van der Waals surface area contributed by atoms with Crippen molar-refractivity contribution in [2.75, 3.05) is 26.4 Å². The molecule has 0 aliphatic carbocycles. The molecule has 0 saturated carbocycles. The summed E-state index contributed by atoms with van der Waals surface area (Å²) in [7, 11) is -4.63. The van der Waals surface area contributed by atoms with Gasteiger partial charge in [-0.2, -0.15) is 0 Å². The molecule has 0 radical (unpaired) electrons. The second-order valence-electron chi connectivity index (χ2n) is 15.4. The molecule has 0 aromatic rings. The van der Waals surface area contributed by atoms with Crippen molar-refractivity contribution in [1.29, 1.82) is 0 Å². The highest BCUT2D eigenvalue weighted by Gasteiger charge is 2.27. The summed E-state index contributed by atoms with van der Waals surface area (Å²) >= 11 is 0. The number of phosphoric acid groups is 1. The molecule has 11 heteroatoms. The average molecular weight is 817 g/mol. The van der Waals surface area contributed by atoms with E-state index < -0.39 is 58.4 Å². The number of allylic oxidation sites excluding steroid dienone is 4. The predicted molar refractivity (Wildman–Crippen MR) is 228 cm³/mol. The zero-order valence-corrected chi connectivity index (χ0v) is 36.8. The molecule has 3 unspecified atom stereocenters. The average Bonchev–Trinajstić information content (AvgIpc) is 3.19. The van der Waals surface area contributed by atoms with Crippen molar-refractivity contribution in [2.45, 2.75) is 225 Å². The van der Waals surface area contributed by atoms with Gasteiger partial charge < -0.3 is 24.6 Å². The van der Waals surface area contributed by atoms with E-state index in [4.69, 9.17) is 18.5 Å². The highest BCUT2D eigenvalue weighted by molar-refractivity contribution is 7.47. The summed E-state index contributed by atoms with van der Waals surface area (Å²) in [5, 5.41) is 19.2. The Morgan fingerprint density at radius 1 is 0.464 bits per heavy atom. The van der Waals surface area contributed by atoms with Crippen LogP contribution in [0.3, 0.4) is 0 Å². The first-order valence-corrected chi connectivity index (χ1v) is 24.3. The number of aliphatic hydroxyl groups excluding tert-OH is 2. The standard InChI is InChI=1S/C45H85O10P/c1-3-5-7-9-11-13-15-17-18-19-20-21-22-23-24-25-27-29-31-33-35-37-45(49)55-43(39-47)41-53-56(50,51)52-40-42(38-46)54-44(48)36-34-32-30-28-26-16-14-12-10-8-6-4-2/h12,14,19-20,42-43,46-47H,3-11,13,15-18,21-41H2,1-2H3,(H,50,51)/b14-12-,20-19-. The van der Waals surface area contributed by atoms with Gasteiger partial charge in [-0.25, -0.2) is 4.57 Å². The molecule has 0 aliphatic rings. The summed E-state index contributed by atoms with van der Waals surface area (Å²) < 4.78 is 32.6. The van der Waals surface area contributed by atoms with Gasteiger partial charge in [0.05, 0.1) is 26.4 Å². The third-order valence-corrected chi connectivity index (χ3v) is 10.8. The number of phosphoric ester groups is 1. The Balaban J connectivity index is 3.86. The third kappa shape index (κ3) is 39.3. The number of hydrogen-bond acceptors (Lipinski definition) is 9. The summed E-state index contributed by atoms with van der Waals surface area (Å²) in [5.41, 5.74) is 0. The van der Waals surface area contributed by atoms with Crippen LogP contribution in [-0.4, -0.2) is 65.7 Å². The predicted octanol–water partition coefficient (Wildman–Crippen LogP) is 12.2. The van der Waals surface area contributed by atoms with Crippen molar-refractivity contribution in [1.82, 2.24) is 0 Å². The molecule has 0 spiro atoms. The normalized spacial score (nSPS) is 14.0. The molecule has 56 heavy (non-hydrogen) atoms. The lowest BCUT2D eigenvalue weighted by molar-refractivity contribution is -0.153. The molecule has 0 amide bonds. The Bertz CT molecular complexity index is 988. The van der Waals surface area contributed by atoms with E-state index in [0.717, 1.165) is 57.8 Å². The molecule has 3 atom stereocenters. The van der Waals surface area contributed by atoms with E-state index in [1.807, 2.05) is 0 Å². The van der Waals surface area contributed by atoms with Gasteiger partial charge in [0, 0.05) is 12.8 Å². The smallest absolute Gasteiger partial charge is 0.457 e. The maximum absolute atomic E-state index is 12.4. The molecule has 0 heterocycles. The molecule has 0 aromatic heterocycles. The minimum absolute atomic E-state index is 0.183. The van der Waals surface area contributed by atoms with Crippen molar-refractivity contribution in [3.8, 4) is 0 Å². The third-order valence-electron chi connectivity index (χ3n) is 9.89. The first-order chi connectivity index (χ1) is 27.3. The summed E-state index contributed by atoms with van der Waals surface area (Å²) in [6.07, 6.45) is 41.6. The Hall–Kier alpha value is -1.55. The zero-order valence-electron chi connectivity index (χ0n) is 35.9. The number of ether oxygens (including phenoxy) is 2. The fourth-order valence-electron chi connectivity index (χ4n) is 6.34. The number of carbonyl (C=O) groups excluding carboxylic acids is 2. The minimum atomic E-state index is -4.63. The van der Waals surface area contributed by atoms with Crippen LogP contribution in [0.25, 0.3) is 0 Å². The van der Waals surface area contributed by atoms with E-state index in [2.05, 4.69) is 38.2 Å². The van der Waals surface area contributed by atoms with E-state index in [9.17, 15) is 29.3 Å². The van der Waals surface area contributed by atoms with Crippen LogP contribution in [0, 0.1) is 0 Å². The van der Waals surface area contributed by atoms with Gasteiger partial charge in [-0.05, 0) is 64.2 Å². The Labute approximate surface area is 342 Å². The van der Waals surface area contributed by atoms with Crippen LogP contribution < -0.4 is 0 Å². The van der Waals surface area contributed by atoms with Crippen molar-refractivity contribution >= 4 is 19.8 Å². The summed E-state index contributed by atoms with van der Waals surface area (Å²) in [4.78, 5) is 34.5. The lowest BCUT2D eigenvalue weighted by Crippen LogP contribution is -2.28. The molecule has 0 fully saturated rings. The van der Waals surface area contributed by atoms with Crippen molar-refractivity contribution < 1.29 is 47.8 Å². The number of unbranched alkanes of at least 4 members (excludes halogenated alkanes) is 25. The maximum atomic E-state index is 12.4. The molecule has 330 valence electrons. The van der Waals surface area contributed by atoms with E-state index in [-0.39, 0.29) is 12.8 Å². The van der Waals surface area contributed by atoms with Gasteiger partial charge in [0.1, 0.15) is 12.2 Å². The largest absolute Gasteiger partial charge is 0.472 e. The van der Waals surface area contributed by atoms with Crippen molar-refractivity contribution in [2.24, 2.45) is 0 Å². The van der Waals surface area contributed by atoms with Crippen LogP contribution in [0.4, 0.5) is 0 Å². The highest BCUT2D eigenvalue weighted by Crippen LogP contribution is 2.43. The first-order valence-electron chi connectivity index (χ1n) is 22.8. The maximum Gasteiger partial charge on any atom is 0.472 e. The van der Waals surface area contributed by atoms with Gasteiger partial charge in [0.15, 0.2) is 0 Å². The van der Waals surface area contributed by atoms with Crippen LogP contribution in [0.1, 0.15) is 213 Å². The van der Waals surface area contributed by atoms with E-state index in [1.54, 1.807) is 0 Å². The number of aliphatic hydroxyl groups is 2. The molecule has 0 aromatic carbocycles. The number of esters is 2.